The summed E-state index contributed by atoms with van der Waals surface area (Å²) in [5, 5.41) is 0. The molecule has 20 heteroatoms. The maximum atomic E-state index is 13.8. The van der Waals surface area contributed by atoms with E-state index in [2.05, 4.69) is 0 Å². The number of hydrogen-bond acceptors (Lipinski definition) is 19. The summed E-state index contributed by atoms with van der Waals surface area (Å²) < 4.78 is 56.2. The highest BCUT2D eigenvalue weighted by Crippen LogP contribution is 2.38. The van der Waals surface area contributed by atoms with Gasteiger partial charge in [0.25, 0.3) is 11.8 Å². The Kier molecular flexibility index (Phi) is 13.4. The first-order chi connectivity index (χ1) is 25.4. The van der Waals surface area contributed by atoms with Gasteiger partial charge in [-0.15, -0.1) is 0 Å². The van der Waals surface area contributed by atoms with E-state index in [1.165, 1.54) is 24.3 Å². The SMILES string of the molecule is CC(=O)OC[C@H]1O[C@@H](O[C@H]2[C@H](OC(C)=O)[C@H](N3C(=O)c4ccccc4C3=O)[C@@H](OC(C)=O)O[C@@H]2COC(C)=O)[C@H](OC(C)=O)[C@@H](OC(C)=O)[C@H]1OC(C)=O. The summed E-state index contributed by atoms with van der Waals surface area (Å²) in [6.07, 6.45) is -15.5. The van der Waals surface area contributed by atoms with Crippen LogP contribution in [0.25, 0.3) is 0 Å². The molecule has 3 aliphatic heterocycles. The normalized spacial score (nSPS) is 28.9. The minimum Gasteiger partial charge on any atom is -0.463 e. The predicted molar refractivity (Wildman–Crippen MR) is 170 cm³/mol. The zero-order chi connectivity index (χ0) is 40.0. The molecule has 0 bridgehead atoms. The van der Waals surface area contributed by atoms with Gasteiger partial charge in [-0.1, -0.05) is 12.1 Å². The van der Waals surface area contributed by atoms with E-state index in [-0.39, 0.29) is 11.1 Å². The van der Waals surface area contributed by atoms with E-state index >= 15 is 0 Å². The van der Waals surface area contributed by atoms with Gasteiger partial charge in [0.1, 0.15) is 37.6 Å². The third kappa shape index (κ3) is 9.74. The Morgan fingerprint density at radius 3 is 1.39 bits per heavy atom. The zero-order valence-electron chi connectivity index (χ0n) is 30.2. The monoisotopic (exact) mass is 765 g/mol. The number of nitrogens with zero attached hydrogens (tertiary/aromatic N) is 1. The fourth-order valence-electron chi connectivity index (χ4n) is 6.18. The number of benzene rings is 1. The van der Waals surface area contributed by atoms with E-state index in [0.717, 1.165) is 48.5 Å². The van der Waals surface area contributed by atoms with E-state index in [0.29, 0.717) is 4.90 Å². The minimum atomic E-state index is -1.91. The molecule has 54 heavy (non-hydrogen) atoms. The van der Waals surface area contributed by atoms with Crippen LogP contribution >= 0.6 is 0 Å². The molecule has 20 nitrogen and oxygen atoms in total. The fraction of sp³-hybridized carbons (Fsp3) is 0.559. The van der Waals surface area contributed by atoms with Gasteiger partial charge in [0.2, 0.25) is 6.29 Å². The molecule has 1 aromatic rings. The van der Waals surface area contributed by atoms with Gasteiger partial charge in [0, 0.05) is 48.5 Å². The van der Waals surface area contributed by atoms with Crippen molar-refractivity contribution in [3.8, 4) is 0 Å². The van der Waals surface area contributed by atoms with Gasteiger partial charge < -0.3 is 47.4 Å². The maximum Gasteiger partial charge on any atom is 0.305 e. The first kappa shape index (κ1) is 41.3. The summed E-state index contributed by atoms with van der Waals surface area (Å²) in [7, 11) is 0. The molecular weight excluding hydrogens is 726 g/mol. The summed E-state index contributed by atoms with van der Waals surface area (Å²) in [6, 6.07) is 3.97. The van der Waals surface area contributed by atoms with Crippen LogP contribution in [0, 0.1) is 0 Å². The standard InChI is InChI=1S/C34H39NO19/c1-14(36)45-12-23-26(54-34-30(50-19(6)41)29(49-18(5)40)27(47-16(3)38)24(53-34)13-46-15(2)37)28(48-17(4)39)25(33(52-23)51-20(7)42)35-31(43)21-10-8-9-11-22(21)32(35)44/h8-11,23-30,33-34H,12-13H2,1-7H3/t23-,24-,25+,26-,27+,28-,29+,30-,33+,34+/m1/s1. The molecule has 0 saturated carbocycles. The maximum absolute atomic E-state index is 13.8. The van der Waals surface area contributed by atoms with Crippen LogP contribution in [0.4, 0.5) is 0 Å². The second-order valence-electron chi connectivity index (χ2n) is 12.2. The molecular formula is C34H39NO19. The molecule has 3 heterocycles. The smallest absolute Gasteiger partial charge is 0.305 e. The molecule has 294 valence electrons. The van der Waals surface area contributed by atoms with Crippen LogP contribution in [0.1, 0.15) is 69.2 Å². The van der Waals surface area contributed by atoms with Crippen molar-refractivity contribution in [3.05, 3.63) is 35.4 Å². The van der Waals surface area contributed by atoms with Crippen molar-refractivity contribution < 1.29 is 90.5 Å². The van der Waals surface area contributed by atoms with Gasteiger partial charge >= 0.3 is 41.8 Å². The lowest BCUT2D eigenvalue weighted by atomic mass is 9.93. The quantitative estimate of drug-likeness (QED) is 0.153. The molecule has 10 atom stereocenters. The zero-order valence-corrected chi connectivity index (χ0v) is 30.2. The lowest BCUT2D eigenvalue weighted by Gasteiger charge is -2.49. The van der Waals surface area contributed by atoms with Crippen molar-refractivity contribution in [2.24, 2.45) is 0 Å². The third-order valence-corrected chi connectivity index (χ3v) is 8.01. The molecule has 2 amide bonds. The average molecular weight is 766 g/mol. The van der Waals surface area contributed by atoms with Gasteiger partial charge in [0.05, 0.1) is 11.1 Å². The Balaban J connectivity index is 1.89. The summed E-state index contributed by atoms with van der Waals surface area (Å²) in [4.78, 5) is 114. The lowest BCUT2D eigenvalue weighted by Crippen LogP contribution is -2.69. The second kappa shape index (κ2) is 17.6. The van der Waals surface area contributed by atoms with Crippen LogP contribution in [-0.2, 0) is 80.9 Å². The first-order valence-electron chi connectivity index (χ1n) is 16.5. The molecule has 1 aromatic carbocycles. The highest BCUT2D eigenvalue weighted by Gasteiger charge is 2.60. The predicted octanol–water partition coefficient (Wildman–Crippen LogP) is -0.0977. The Morgan fingerprint density at radius 1 is 0.519 bits per heavy atom. The van der Waals surface area contributed by atoms with Crippen molar-refractivity contribution in [2.75, 3.05) is 13.2 Å². The van der Waals surface area contributed by atoms with E-state index in [9.17, 15) is 43.2 Å². The minimum absolute atomic E-state index is 0.0373. The highest BCUT2D eigenvalue weighted by molar-refractivity contribution is 6.21. The van der Waals surface area contributed by atoms with Crippen LogP contribution in [0.15, 0.2) is 24.3 Å². The summed E-state index contributed by atoms with van der Waals surface area (Å²) >= 11 is 0. The van der Waals surface area contributed by atoms with Crippen LogP contribution in [0.2, 0.25) is 0 Å². The fourth-order valence-corrected chi connectivity index (χ4v) is 6.18. The summed E-state index contributed by atoms with van der Waals surface area (Å²) in [6.45, 7) is 5.84. The van der Waals surface area contributed by atoms with Crippen molar-refractivity contribution in [2.45, 2.75) is 110 Å². The lowest BCUT2D eigenvalue weighted by molar-refractivity contribution is -0.350. The number of esters is 7. The molecule has 0 spiro atoms. The van der Waals surface area contributed by atoms with Crippen LogP contribution in [0.5, 0.6) is 0 Å². The topological polar surface area (TPSA) is 249 Å². The van der Waals surface area contributed by atoms with E-state index in [4.69, 9.17) is 47.4 Å². The van der Waals surface area contributed by atoms with E-state index in [1.54, 1.807) is 0 Å². The van der Waals surface area contributed by atoms with Gasteiger partial charge in [-0.25, -0.2) is 0 Å². The Morgan fingerprint density at radius 2 is 0.926 bits per heavy atom. The van der Waals surface area contributed by atoms with Crippen LogP contribution in [-0.4, -0.2) is 133 Å². The molecule has 0 radical (unpaired) electrons. The Hall–Kier alpha value is -5.47. The Labute approximate surface area is 307 Å². The number of hydrogen-bond donors (Lipinski definition) is 0. The van der Waals surface area contributed by atoms with Gasteiger partial charge in [0.15, 0.2) is 30.7 Å². The molecule has 4 rings (SSSR count). The number of carbonyl (C=O) groups excluding carboxylic acids is 9. The number of fused-ring (bicyclic) bond motifs is 1. The van der Waals surface area contributed by atoms with Crippen molar-refractivity contribution in [3.63, 3.8) is 0 Å². The summed E-state index contributed by atoms with van der Waals surface area (Å²) in [5.41, 5.74) is -0.0746. The summed E-state index contributed by atoms with van der Waals surface area (Å²) in [5.74, 6) is -8.14. The second-order valence-corrected chi connectivity index (χ2v) is 12.2. The molecule has 0 aromatic heterocycles. The number of imide groups is 1. The van der Waals surface area contributed by atoms with Crippen LogP contribution < -0.4 is 0 Å². The van der Waals surface area contributed by atoms with Crippen molar-refractivity contribution in [1.82, 2.24) is 4.90 Å². The highest BCUT2D eigenvalue weighted by atomic mass is 16.8. The molecule has 0 N–H and O–H groups in total. The molecule has 2 fully saturated rings. The molecule has 2 saturated heterocycles. The molecule has 0 aliphatic carbocycles. The van der Waals surface area contributed by atoms with E-state index < -0.39 is 128 Å². The molecule has 0 unspecified atom stereocenters. The number of ether oxygens (including phenoxy) is 10. The van der Waals surface area contributed by atoms with Crippen molar-refractivity contribution >= 4 is 53.6 Å². The third-order valence-electron chi connectivity index (χ3n) is 8.01. The van der Waals surface area contributed by atoms with Crippen LogP contribution in [0.3, 0.4) is 0 Å². The number of amides is 2. The average Bonchev–Trinajstić information content (AvgIpc) is 3.30. The Bertz CT molecular complexity index is 1640. The molecule has 3 aliphatic rings. The van der Waals surface area contributed by atoms with Gasteiger partial charge in [-0.3, -0.25) is 48.1 Å². The van der Waals surface area contributed by atoms with Gasteiger partial charge in [-0.05, 0) is 12.1 Å². The number of carbonyl (C=O) groups is 9. The van der Waals surface area contributed by atoms with Gasteiger partial charge in [-0.2, -0.15) is 0 Å². The van der Waals surface area contributed by atoms with Crippen molar-refractivity contribution in [1.29, 1.82) is 0 Å². The number of rotatable bonds is 12. The largest absolute Gasteiger partial charge is 0.463 e. The first-order valence-corrected chi connectivity index (χ1v) is 16.5. The van der Waals surface area contributed by atoms with E-state index in [1.807, 2.05) is 0 Å².